The van der Waals surface area contributed by atoms with Crippen LogP contribution < -0.4 is 0 Å². The molecule has 2 aromatic carbocycles. The summed E-state index contributed by atoms with van der Waals surface area (Å²) in [6, 6.07) is 14.9. The van der Waals surface area contributed by atoms with E-state index in [1.165, 1.54) is 27.2 Å². The molecule has 4 rings (SSSR count). The van der Waals surface area contributed by atoms with E-state index in [-0.39, 0.29) is 12.4 Å². The van der Waals surface area contributed by atoms with Gasteiger partial charge in [0, 0.05) is 34.6 Å². The molecule has 4 heteroatoms. The van der Waals surface area contributed by atoms with Gasteiger partial charge in [-0.3, -0.25) is 4.90 Å². The Balaban J connectivity index is 0.00000169. The second-order valence-corrected chi connectivity index (χ2v) is 5.97. The topological polar surface area (TPSA) is 31.9 Å². The average molecular weight is 340 g/mol. The van der Waals surface area contributed by atoms with Crippen molar-refractivity contribution < 1.29 is 0 Å². The summed E-state index contributed by atoms with van der Waals surface area (Å²) < 4.78 is 0. The number of halogens is 1. The first kappa shape index (κ1) is 16.7. The van der Waals surface area contributed by atoms with Crippen LogP contribution in [0.25, 0.3) is 32.6 Å². The summed E-state index contributed by atoms with van der Waals surface area (Å²) in [5.41, 5.74) is 3.43. The highest BCUT2D eigenvalue weighted by Gasteiger charge is 2.13. The molecular formula is C20H22ClN3. The average Bonchev–Trinajstić information content (AvgIpc) is 2.98. The fraction of sp³-hybridized carbons (Fsp3) is 0.250. The molecule has 4 aromatic rings. The molecule has 0 bridgehead atoms. The van der Waals surface area contributed by atoms with Crippen LogP contribution in [-0.4, -0.2) is 28.0 Å². The van der Waals surface area contributed by atoms with Crippen LogP contribution in [-0.2, 0) is 6.54 Å². The number of aromatic amines is 1. The first-order valence-corrected chi connectivity index (χ1v) is 8.31. The predicted molar refractivity (Wildman–Crippen MR) is 105 cm³/mol. The molecule has 0 aliphatic heterocycles. The van der Waals surface area contributed by atoms with E-state index in [2.05, 4.69) is 66.2 Å². The number of hydrogen-bond acceptors (Lipinski definition) is 2. The Morgan fingerprint density at radius 2 is 1.71 bits per heavy atom. The molecular weight excluding hydrogens is 318 g/mol. The molecule has 0 atom stereocenters. The van der Waals surface area contributed by atoms with Gasteiger partial charge in [0.05, 0.1) is 11.0 Å². The minimum atomic E-state index is 0. The first-order valence-electron chi connectivity index (χ1n) is 8.31. The zero-order valence-corrected chi connectivity index (χ0v) is 14.9. The van der Waals surface area contributed by atoms with Crippen molar-refractivity contribution in [1.82, 2.24) is 14.9 Å². The third-order valence-electron chi connectivity index (χ3n) is 4.73. The number of hydrogen-bond donors (Lipinski definition) is 1. The van der Waals surface area contributed by atoms with Crippen molar-refractivity contribution >= 4 is 45.0 Å². The highest BCUT2D eigenvalue weighted by Crippen LogP contribution is 2.33. The van der Waals surface area contributed by atoms with Gasteiger partial charge in [0.2, 0.25) is 0 Å². The van der Waals surface area contributed by atoms with Crippen molar-refractivity contribution in [2.75, 3.05) is 13.1 Å². The summed E-state index contributed by atoms with van der Waals surface area (Å²) in [4.78, 5) is 10.7. The quantitative estimate of drug-likeness (QED) is 0.558. The van der Waals surface area contributed by atoms with Gasteiger partial charge in [0.1, 0.15) is 0 Å². The van der Waals surface area contributed by atoms with Gasteiger partial charge in [-0.2, -0.15) is 0 Å². The Labute approximate surface area is 148 Å². The number of benzene rings is 2. The van der Waals surface area contributed by atoms with Crippen LogP contribution in [0.15, 0.2) is 48.7 Å². The van der Waals surface area contributed by atoms with Crippen molar-refractivity contribution in [2.45, 2.75) is 20.4 Å². The normalized spacial score (nSPS) is 11.5. The van der Waals surface area contributed by atoms with Crippen LogP contribution >= 0.6 is 12.4 Å². The minimum absolute atomic E-state index is 0. The maximum atomic E-state index is 4.80. The third kappa shape index (κ3) is 2.64. The lowest BCUT2D eigenvalue weighted by atomic mass is 10.0. The summed E-state index contributed by atoms with van der Waals surface area (Å²) in [5.74, 6) is 0. The van der Waals surface area contributed by atoms with Crippen LogP contribution in [0.1, 0.15) is 19.5 Å². The van der Waals surface area contributed by atoms with Crippen LogP contribution in [0.5, 0.6) is 0 Å². The van der Waals surface area contributed by atoms with Gasteiger partial charge in [0.15, 0.2) is 0 Å². The van der Waals surface area contributed by atoms with Crippen LogP contribution in [0, 0.1) is 0 Å². The lowest BCUT2D eigenvalue weighted by Crippen LogP contribution is -2.22. The van der Waals surface area contributed by atoms with E-state index in [9.17, 15) is 0 Å². The molecule has 2 aromatic heterocycles. The molecule has 2 heterocycles. The largest absolute Gasteiger partial charge is 0.363 e. The second kappa shape index (κ2) is 6.80. The molecule has 0 unspecified atom stereocenters. The van der Waals surface area contributed by atoms with Crippen molar-refractivity contribution in [1.29, 1.82) is 0 Å². The molecule has 0 aliphatic carbocycles. The van der Waals surface area contributed by atoms with Gasteiger partial charge in [-0.05, 0) is 36.7 Å². The maximum Gasteiger partial charge on any atom is 0.0723 e. The van der Waals surface area contributed by atoms with Gasteiger partial charge in [-0.15, -0.1) is 12.4 Å². The van der Waals surface area contributed by atoms with E-state index >= 15 is 0 Å². The highest BCUT2D eigenvalue weighted by molar-refractivity contribution is 6.20. The smallest absolute Gasteiger partial charge is 0.0723 e. The second-order valence-electron chi connectivity index (χ2n) is 5.97. The van der Waals surface area contributed by atoms with Gasteiger partial charge in [-0.1, -0.05) is 38.1 Å². The van der Waals surface area contributed by atoms with Crippen LogP contribution in [0.3, 0.4) is 0 Å². The lowest BCUT2D eigenvalue weighted by molar-refractivity contribution is 0.293. The van der Waals surface area contributed by atoms with Gasteiger partial charge in [0.25, 0.3) is 0 Å². The molecule has 0 fully saturated rings. The Morgan fingerprint density at radius 3 is 2.50 bits per heavy atom. The molecule has 24 heavy (non-hydrogen) atoms. The Hall–Kier alpha value is -2.10. The Bertz CT molecular complexity index is 986. The molecule has 3 nitrogen and oxygen atoms in total. The van der Waals surface area contributed by atoms with Crippen molar-refractivity contribution in [3.63, 3.8) is 0 Å². The zero-order valence-electron chi connectivity index (χ0n) is 14.0. The van der Waals surface area contributed by atoms with Gasteiger partial charge >= 0.3 is 0 Å². The number of para-hydroxylation sites is 1. The summed E-state index contributed by atoms with van der Waals surface area (Å²) >= 11 is 0. The third-order valence-corrected chi connectivity index (χ3v) is 4.73. The number of H-pyrrole nitrogens is 1. The van der Waals surface area contributed by atoms with Crippen molar-refractivity contribution in [3.05, 3.63) is 54.4 Å². The Morgan fingerprint density at radius 1 is 0.917 bits per heavy atom. The number of nitrogens with zero attached hydrogens (tertiary/aromatic N) is 2. The van der Waals surface area contributed by atoms with Crippen molar-refractivity contribution in [3.8, 4) is 0 Å². The van der Waals surface area contributed by atoms with Gasteiger partial charge < -0.3 is 4.98 Å². The summed E-state index contributed by atoms with van der Waals surface area (Å²) in [6.45, 7) is 7.46. The fourth-order valence-corrected chi connectivity index (χ4v) is 3.45. The van der Waals surface area contributed by atoms with E-state index < -0.39 is 0 Å². The molecule has 0 aliphatic rings. The summed E-state index contributed by atoms with van der Waals surface area (Å²) in [6.07, 6.45) is 2.05. The maximum absolute atomic E-state index is 4.80. The number of fused-ring (bicyclic) bond motifs is 5. The van der Waals surface area contributed by atoms with Crippen molar-refractivity contribution in [2.24, 2.45) is 0 Å². The Kier molecular flexibility index (Phi) is 4.74. The number of nitrogens with one attached hydrogen (secondary N) is 1. The fourth-order valence-electron chi connectivity index (χ4n) is 3.45. The molecule has 0 spiro atoms. The van der Waals surface area contributed by atoms with Gasteiger partial charge in [-0.25, -0.2) is 4.98 Å². The standard InChI is InChI=1S/C20H21N3.ClH/c1-3-23(4-2)13-18-19-14(11-12-21-18)9-10-17-20(19)15-7-5-6-8-16(15)22-17;/h5-12,21H,3-4,13H2,1-2H3;1H. The molecule has 0 amide bonds. The minimum Gasteiger partial charge on any atom is -0.363 e. The highest BCUT2D eigenvalue weighted by atomic mass is 35.5. The molecule has 0 saturated heterocycles. The lowest BCUT2D eigenvalue weighted by Gasteiger charge is -2.19. The van der Waals surface area contributed by atoms with E-state index in [1.807, 2.05) is 6.20 Å². The van der Waals surface area contributed by atoms with Crippen LogP contribution in [0.4, 0.5) is 0 Å². The van der Waals surface area contributed by atoms with E-state index in [1.54, 1.807) is 0 Å². The molecule has 1 N–H and O–H groups in total. The van der Waals surface area contributed by atoms with E-state index in [4.69, 9.17) is 4.98 Å². The summed E-state index contributed by atoms with van der Waals surface area (Å²) in [7, 11) is 0. The van der Waals surface area contributed by atoms with E-state index in [0.717, 1.165) is 30.7 Å². The number of rotatable bonds is 4. The molecule has 0 saturated carbocycles. The monoisotopic (exact) mass is 339 g/mol. The summed E-state index contributed by atoms with van der Waals surface area (Å²) in [5, 5.41) is 5.10. The SMILES string of the molecule is CCN(CC)Cc1[nH]ccc2ccc3nc4ccccc4c3c12.Cl. The van der Waals surface area contributed by atoms with E-state index in [0.29, 0.717) is 0 Å². The number of pyridine rings is 1. The number of aromatic nitrogens is 2. The molecule has 0 radical (unpaired) electrons. The van der Waals surface area contributed by atoms with Crippen LogP contribution in [0.2, 0.25) is 0 Å². The zero-order chi connectivity index (χ0) is 15.8. The predicted octanol–water partition coefficient (Wildman–Crippen LogP) is 5.13. The first-order chi connectivity index (χ1) is 11.3. The molecule has 124 valence electrons.